The van der Waals surface area contributed by atoms with Crippen LogP contribution in [-0.4, -0.2) is 43.0 Å². The molecule has 1 atom stereocenters. The number of benzene rings is 2. The van der Waals surface area contributed by atoms with E-state index in [2.05, 4.69) is 20.0 Å². The Bertz CT molecular complexity index is 1700. The van der Waals surface area contributed by atoms with Gasteiger partial charge < -0.3 is 10.1 Å². The van der Waals surface area contributed by atoms with E-state index in [4.69, 9.17) is 4.74 Å². The molecule has 0 spiro atoms. The van der Waals surface area contributed by atoms with Crippen molar-refractivity contribution in [2.45, 2.75) is 25.3 Å². The lowest BCUT2D eigenvalue weighted by Gasteiger charge is -2.14. The average Bonchev–Trinajstić information content (AvgIpc) is 2.90. The van der Waals surface area contributed by atoms with Crippen molar-refractivity contribution >= 4 is 32.5 Å². The zero-order valence-corrected chi connectivity index (χ0v) is 22.0. The van der Waals surface area contributed by atoms with Crippen molar-refractivity contribution < 1.29 is 22.3 Å². The van der Waals surface area contributed by atoms with Crippen molar-refractivity contribution in [3.8, 4) is 17.0 Å². The molecular formula is C26H26FN5O5S. The lowest BCUT2D eigenvalue weighted by Crippen LogP contribution is -2.32. The van der Waals surface area contributed by atoms with E-state index in [1.165, 1.54) is 62.4 Å². The number of amides is 1. The SMILES string of the molecule is CNC(=O)C(C)Cn1cnc2ccc(-c3cnc(OC)c(NS(=O)(=O)c4cccc(F)c4C)c3)cc2c1=O. The molecule has 12 heteroatoms. The third kappa shape index (κ3) is 5.21. The van der Waals surface area contributed by atoms with Crippen LogP contribution in [-0.2, 0) is 21.4 Å². The third-order valence-corrected chi connectivity index (χ3v) is 7.63. The predicted octanol–water partition coefficient (Wildman–Crippen LogP) is 3.10. The Morgan fingerprint density at radius 1 is 1.16 bits per heavy atom. The number of halogens is 1. The van der Waals surface area contributed by atoms with Crippen LogP contribution >= 0.6 is 0 Å². The number of ether oxygens (including phenoxy) is 1. The second-order valence-electron chi connectivity index (χ2n) is 8.70. The van der Waals surface area contributed by atoms with E-state index in [1.807, 2.05) is 0 Å². The molecule has 0 aliphatic carbocycles. The van der Waals surface area contributed by atoms with Crippen LogP contribution in [0.3, 0.4) is 0 Å². The third-order valence-electron chi connectivity index (χ3n) is 6.12. The number of nitrogens with one attached hydrogen (secondary N) is 2. The van der Waals surface area contributed by atoms with Gasteiger partial charge in [0.2, 0.25) is 11.8 Å². The van der Waals surface area contributed by atoms with E-state index in [-0.39, 0.29) is 40.0 Å². The van der Waals surface area contributed by atoms with Crippen molar-refractivity contribution in [3.63, 3.8) is 0 Å². The number of aromatic nitrogens is 3. The molecule has 1 unspecified atom stereocenters. The van der Waals surface area contributed by atoms with Gasteiger partial charge in [-0.3, -0.25) is 18.9 Å². The monoisotopic (exact) mass is 539 g/mol. The van der Waals surface area contributed by atoms with Crippen LogP contribution in [0.5, 0.6) is 5.88 Å². The summed E-state index contributed by atoms with van der Waals surface area (Å²) < 4.78 is 49.2. The molecule has 0 saturated heterocycles. The minimum Gasteiger partial charge on any atom is -0.480 e. The number of carbonyl (C=O) groups excluding carboxylic acids is 1. The van der Waals surface area contributed by atoms with E-state index in [0.29, 0.717) is 22.0 Å². The van der Waals surface area contributed by atoms with Gasteiger partial charge in [0.15, 0.2) is 0 Å². The molecule has 0 fully saturated rings. The average molecular weight is 540 g/mol. The maximum Gasteiger partial charge on any atom is 0.262 e. The van der Waals surface area contributed by atoms with Crippen LogP contribution in [0.4, 0.5) is 10.1 Å². The summed E-state index contributed by atoms with van der Waals surface area (Å²) >= 11 is 0. The Labute approximate surface area is 218 Å². The molecule has 2 aromatic carbocycles. The van der Waals surface area contributed by atoms with E-state index in [1.54, 1.807) is 25.1 Å². The molecule has 38 heavy (non-hydrogen) atoms. The number of carbonyl (C=O) groups is 1. The quantitative estimate of drug-likeness (QED) is 0.352. The number of anilines is 1. The van der Waals surface area contributed by atoms with Crippen LogP contribution in [0.2, 0.25) is 0 Å². The summed E-state index contributed by atoms with van der Waals surface area (Å²) in [5, 5.41) is 2.88. The van der Waals surface area contributed by atoms with Crippen LogP contribution < -0.4 is 20.3 Å². The fourth-order valence-corrected chi connectivity index (χ4v) is 5.32. The topological polar surface area (TPSA) is 132 Å². The summed E-state index contributed by atoms with van der Waals surface area (Å²) in [5.41, 5.74) is 1.23. The molecule has 0 saturated carbocycles. The molecule has 4 aromatic rings. The highest BCUT2D eigenvalue weighted by atomic mass is 32.2. The molecule has 0 bridgehead atoms. The lowest BCUT2D eigenvalue weighted by atomic mass is 10.0. The molecule has 2 N–H and O–H groups in total. The Kier molecular flexibility index (Phi) is 7.44. The number of methoxy groups -OCH3 is 1. The molecule has 4 rings (SSSR count). The summed E-state index contributed by atoms with van der Waals surface area (Å²) in [6, 6.07) is 10.3. The summed E-state index contributed by atoms with van der Waals surface area (Å²) in [5.74, 6) is -1.27. The highest BCUT2D eigenvalue weighted by Gasteiger charge is 2.22. The van der Waals surface area contributed by atoms with Crippen LogP contribution in [0.1, 0.15) is 12.5 Å². The first-order chi connectivity index (χ1) is 18.1. The number of hydrogen-bond donors (Lipinski definition) is 2. The predicted molar refractivity (Wildman–Crippen MR) is 141 cm³/mol. The first-order valence-corrected chi connectivity index (χ1v) is 13.1. The minimum atomic E-state index is -4.17. The second kappa shape index (κ2) is 10.6. The molecule has 10 nitrogen and oxygen atoms in total. The van der Waals surface area contributed by atoms with Gasteiger partial charge in [0, 0.05) is 30.9 Å². The van der Waals surface area contributed by atoms with Gasteiger partial charge in [-0.2, -0.15) is 0 Å². The maximum absolute atomic E-state index is 14.0. The molecule has 0 aliphatic heterocycles. The van der Waals surface area contributed by atoms with Gasteiger partial charge >= 0.3 is 0 Å². The van der Waals surface area contributed by atoms with Crippen LogP contribution in [0.15, 0.2) is 64.7 Å². The first kappa shape index (κ1) is 26.7. The molecule has 1 amide bonds. The van der Waals surface area contributed by atoms with Gasteiger partial charge in [0.1, 0.15) is 11.5 Å². The smallest absolute Gasteiger partial charge is 0.262 e. The molecule has 0 radical (unpaired) electrons. The van der Waals surface area contributed by atoms with E-state index >= 15 is 0 Å². The van der Waals surface area contributed by atoms with Gasteiger partial charge in [0.05, 0.1) is 35.2 Å². The largest absolute Gasteiger partial charge is 0.480 e. The van der Waals surface area contributed by atoms with Crippen molar-refractivity contribution in [3.05, 3.63) is 76.7 Å². The lowest BCUT2D eigenvalue weighted by molar-refractivity contribution is -0.124. The number of rotatable bonds is 8. The van der Waals surface area contributed by atoms with Crippen molar-refractivity contribution in [2.24, 2.45) is 5.92 Å². The number of fused-ring (bicyclic) bond motifs is 1. The highest BCUT2D eigenvalue weighted by Crippen LogP contribution is 2.31. The number of nitrogens with zero attached hydrogens (tertiary/aromatic N) is 3. The zero-order chi connectivity index (χ0) is 27.6. The maximum atomic E-state index is 14.0. The molecule has 2 heterocycles. The fraction of sp³-hybridized carbons (Fsp3) is 0.231. The Balaban J connectivity index is 1.74. The number of hydrogen-bond acceptors (Lipinski definition) is 7. The van der Waals surface area contributed by atoms with Gasteiger partial charge in [0.25, 0.3) is 15.6 Å². The van der Waals surface area contributed by atoms with Crippen molar-refractivity contribution in [1.82, 2.24) is 19.9 Å². The van der Waals surface area contributed by atoms with Gasteiger partial charge in [-0.1, -0.05) is 19.1 Å². The Morgan fingerprint density at radius 2 is 1.92 bits per heavy atom. The van der Waals surface area contributed by atoms with Crippen LogP contribution in [0.25, 0.3) is 22.0 Å². The Hall–Kier alpha value is -4.32. The van der Waals surface area contributed by atoms with Crippen molar-refractivity contribution in [1.29, 1.82) is 0 Å². The highest BCUT2D eigenvalue weighted by molar-refractivity contribution is 7.92. The van der Waals surface area contributed by atoms with E-state index < -0.39 is 21.8 Å². The molecule has 198 valence electrons. The van der Waals surface area contributed by atoms with Gasteiger partial charge in [-0.05, 0) is 42.8 Å². The van der Waals surface area contributed by atoms with Gasteiger partial charge in [-0.15, -0.1) is 0 Å². The van der Waals surface area contributed by atoms with Crippen LogP contribution in [0, 0.1) is 18.7 Å². The standard InChI is InChI=1S/C26H26FN5O5S/c1-15(24(33)28-3)13-32-14-30-21-9-8-17(10-19(21)26(32)34)18-11-22(25(37-4)29-12-18)31-38(35,36)23-7-5-6-20(27)16(23)2/h5-12,14-15,31H,13H2,1-4H3,(H,28,33). The van der Waals surface area contributed by atoms with Gasteiger partial charge in [-0.25, -0.2) is 22.8 Å². The summed E-state index contributed by atoms with van der Waals surface area (Å²) in [7, 11) is -1.30. The zero-order valence-electron chi connectivity index (χ0n) is 21.1. The second-order valence-corrected chi connectivity index (χ2v) is 10.3. The number of pyridine rings is 1. The van der Waals surface area contributed by atoms with E-state index in [0.717, 1.165) is 0 Å². The Morgan fingerprint density at radius 3 is 2.63 bits per heavy atom. The molecular weight excluding hydrogens is 513 g/mol. The normalized spacial score (nSPS) is 12.2. The van der Waals surface area contributed by atoms with Crippen molar-refractivity contribution in [2.75, 3.05) is 18.9 Å². The van der Waals surface area contributed by atoms with E-state index in [9.17, 15) is 22.4 Å². The summed E-state index contributed by atoms with van der Waals surface area (Å²) in [4.78, 5) is 33.4. The minimum absolute atomic E-state index is 0.0133. The fourth-order valence-electron chi connectivity index (χ4n) is 4.02. The first-order valence-electron chi connectivity index (χ1n) is 11.6. The number of sulfonamides is 1. The summed E-state index contributed by atoms with van der Waals surface area (Å²) in [6.07, 6.45) is 2.88. The summed E-state index contributed by atoms with van der Waals surface area (Å²) in [6.45, 7) is 3.24. The molecule has 0 aliphatic rings. The molecule has 2 aromatic heterocycles.